The van der Waals surface area contributed by atoms with Crippen molar-refractivity contribution in [3.05, 3.63) is 18.0 Å². The monoisotopic (exact) mass is 298 g/mol. The molecule has 0 spiro atoms. The van der Waals surface area contributed by atoms with Gasteiger partial charge in [0.05, 0.1) is 0 Å². The van der Waals surface area contributed by atoms with Crippen molar-refractivity contribution in [1.29, 1.82) is 0 Å². The third-order valence-corrected chi connectivity index (χ3v) is 3.23. The topological polar surface area (TPSA) is 87.1 Å². The molecule has 0 aliphatic heterocycles. The zero-order valence-electron chi connectivity index (χ0n) is 12.1. The summed E-state index contributed by atoms with van der Waals surface area (Å²) in [6.07, 6.45) is 5.98. The number of nitrogens with zero attached hydrogens (tertiary/aromatic N) is 2. The number of aromatic nitrogens is 2. The molecule has 3 N–H and O–H groups in total. The van der Waals surface area contributed by atoms with Crippen LogP contribution < -0.4 is 10.6 Å². The van der Waals surface area contributed by atoms with Gasteiger partial charge in [-0.2, -0.15) is 11.8 Å². The number of hydrogen-bond donors (Lipinski definition) is 3. The second-order valence-electron chi connectivity index (χ2n) is 4.77. The molecule has 0 aliphatic carbocycles. The quantitative estimate of drug-likeness (QED) is 0.638. The van der Waals surface area contributed by atoms with E-state index in [4.69, 9.17) is 5.11 Å². The second kappa shape index (κ2) is 8.76. The first-order valence-electron chi connectivity index (χ1n) is 6.55. The Balaban J connectivity index is 2.48. The molecule has 0 saturated carbocycles. The normalized spacial score (nSPS) is 12.4. The maximum absolute atomic E-state index is 11.1. The molecule has 1 rings (SSSR count). The van der Waals surface area contributed by atoms with E-state index >= 15 is 0 Å². The van der Waals surface area contributed by atoms with Crippen LogP contribution in [0.3, 0.4) is 0 Å². The molecule has 7 heteroatoms. The maximum Gasteiger partial charge on any atom is 0.320 e. The summed E-state index contributed by atoms with van der Waals surface area (Å²) in [4.78, 5) is 19.5. The average molecular weight is 298 g/mol. The van der Waals surface area contributed by atoms with Crippen molar-refractivity contribution in [2.75, 3.05) is 17.3 Å². The fourth-order valence-electron chi connectivity index (χ4n) is 1.57. The van der Waals surface area contributed by atoms with Crippen molar-refractivity contribution in [3.63, 3.8) is 0 Å². The van der Waals surface area contributed by atoms with Gasteiger partial charge >= 0.3 is 5.97 Å². The molecule has 0 unspecified atom stereocenters. The van der Waals surface area contributed by atoms with Crippen molar-refractivity contribution in [2.45, 2.75) is 38.9 Å². The SMILES string of the molecule is CSCC[C@@H](NCc1cnc(NC(C)C)nc1)C(=O)O. The lowest BCUT2D eigenvalue weighted by Gasteiger charge is -2.14. The number of nitrogens with one attached hydrogen (secondary N) is 2. The van der Waals surface area contributed by atoms with Gasteiger partial charge in [0, 0.05) is 30.5 Å². The lowest BCUT2D eigenvalue weighted by Crippen LogP contribution is -2.36. The molecule has 0 bridgehead atoms. The highest BCUT2D eigenvalue weighted by Gasteiger charge is 2.15. The Hall–Kier alpha value is -1.34. The largest absolute Gasteiger partial charge is 0.480 e. The summed E-state index contributed by atoms with van der Waals surface area (Å²) in [5, 5.41) is 15.2. The first-order chi connectivity index (χ1) is 9.52. The summed E-state index contributed by atoms with van der Waals surface area (Å²) in [5.74, 6) is 0.580. The van der Waals surface area contributed by atoms with Gasteiger partial charge in [-0.15, -0.1) is 0 Å². The smallest absolute Gasteiger partial charge is 0.320 e. The minimum absolute atomic E-state index is 0.280. The number of carbonyl (C=O) groups is 1. The zero-order chi connectivity index (χ0) is 15.0. The van der Waals surface area contributed by atoms with Crippen LogP contribution in [0.2, 0.25) is 0 Å². The Morgan fingerprint density at radius 1 is 1.40 bits per heavy atom. The van der Waals surface area contributed by atoms with Crippen molar-refractivity contribution in [2.24, 2.45) is 0 Å². The van der Waals surface area contributed by atoms with Gasteiger partial charge in [-0.25, -0.2) is 9.97 Å². The van der Waals surface area contributed by atoms with E-state index in [2.05, 4.69) is 20.6 Å². The number of carboxylic acid groups (broad SMARTS) is 1. The van der Waals surface area contributed by atoms with E-state index in [1.807, 2.05) is 20.1 Å². The van der Waals surface area contributed by atoms with Crippen molar-refractivity contribution >= 4 is 23.7 Å². The number of carboxylic acids is 1. The summed E-state index contributed by atoms with van der Waals surface area (Å²) in [6.45, 7) is 4.48. The number of aliphatic carboxylic acids is 1. The Morgan fingerprint density at radius 3 is 2.55 bits per heavy atom. The van der Waals surface area contributed by atoms with E-state index in [0.29, 0.717) is 18.9 Å². The molecule has 1 atom stereocenters. The van der Waals surface area contributed by atoms with Crippen LogP contribution in [-0.2, 0) is 11.3 Å². The molecular formula is C13H22N4O2S. The van der Waals surface area contributed by atoms with Crippen molar-refractivity contribution in [1.82, 2.24) is 15.3 Å². The van der Waals surface area contributed by atoms with Gasteiger partial charge in [0.1, 0.15) is 6.04 Å². The molecule has 112 valence electrons. The van der Waals surface area contributed by atoms with Gasteiger partial charge in [0.2, 0.25) is 5.95 Å². The van der Waals surface area contributed by atoms with Crippen LogP contribution in [-0.4, -0.2) is 45.1 Å². The van der Waals surface area contributed by atoms with Gasteiger partial charge in [-0.3, -0.25) is 4.79 Å². The highest BCUT2D eigenvalue weighted by Crippen LogP contribution is 2.05. The standard InChI is InChI=1S/C13H22N4O2S/c1-9(2)17-13-15-7-10(8-16-13)6-14-11(12(18)19)4-5-20-3/h7-9,11,14H,4-6H2,1-3H3,(H,18,19)(H,15,16,17)/t11-/m1/s1. The average Bonchev–Trinajstić information content (AvgIpc) is 2.39. The summed E-state index contributed by atoms with van der Waals surface area (Å²) >= 11 is 1.64. The fraction of sp³-hybridized carbons (Fsp3) is 0.615. The highest BCUT2D eigenvalue weighted by molar-refractivity contribution is 7.98. The van der Waals surface area contributed by atoms with Crippen LogP contribution in [0.25, 0.3) is 0 Å². The lowest BCUT2D eigenvalue weighted by molar-refractivity contribution is -0.139. The van der Waals surface area contributed by atoms with Crippen LogP contribution >= 0.6 is 11.8 Å². The van der Waals surface area contributed by atoms with Gasteiger partial charge in [0.15, 0.2) is 0 Å². The zero-order valence-corrected chi connectivity index (χ0v) is 12.9. The van der Waals surface area contributed by atoms with Crippen LogP contribution in [0.5, 0.6) is 0 Å². The Bertz CT molecular complexity index is 411. The summed E-state index contributed by atoms with van der Waals surface area (Å²) in [5.41, 5.74) is 0.870. The molecule has 20 heavy (non-hydrogen) atoms. The van der Waals surface area contributed by atoms with E-state index in [9.17, 15) is 4.79 Å². The van der Waals surface area contributed by atoms with Gasteiger partial charge in [-0.1, -0.05) is 0 Å². The van der Waals surface area contributed by atoms with Crippen molar-refractivity contribution < 1.29 is 9.90 Å². The maximum atomic E-state index is 11.1. The molecule has 1 aromatic heterocycles. The molecule has 6 nitrogen and oxygen atoms in total. The first kappa shape index (κ1) is 16.7. The lowest BCUT2D eigenvalue weighted by atomic mass is 10.2. The minimum Gasteiger partial charge on any atom is -0.480 e. The van der Waals surface area contributed by atoms with Crippen LogP contribution in [0.1, 0.15) is 25.8 Å². The molecule has 0 saturated heterocycles. The van der Waals surface area contributed by atoms with E-state index in [-0.39, 0.29) is 6.04 Å². The molecule has 0 aromatic carbocycles. The van der Waals surface area contributed by atoms with Crippen LogP contribution in [0.4, 0.5) is 5.95 Å². The van der Waals surface area contributed by atoms with Gasteiger partial charge in [0.25, 0.3) is 0 Å². The van der Waals surface area contributed by atoms with Crippen molar-refractivity contribution in [3.8, 4) is 0 Å². The first-order valence-corrected chi connectivity index (χ1v) is 7.95. The van der Waals surface area contributed by atoms with E-state index in [0.717, 1.165) is 11.3 Å². The van der Waals surface area contributed by atoms with Crippen LogP contribution in [0, 0.1) is 0 Å². The number of rotatable bonds is 9. The molecule has 0 radical (unpaired) electrons. The highest BCUT2D eigenvalue weighted by atomic mass is 32.2. The summed E-state index contributed by atoms with van der Waals surface area (Å²) in [7, 11) is 0. The third-order valence-electron chi connectivity index (χ3n) is 2.58. The molecule has 0 fully saturated rings. The van der Waals surface area contributed by atoms with Crippen LogP contribution in [0.15, 0.2) is 12.4 Å². The Morgan fingerprint density at radius 2 is 2.05 bits per heavy atom. The summed E-state index contributed by atoms with van der Waals surface area (Å²) < 4.78 is 0. The fourth-order valence-corrected chi connectivity index (χ4v) is 2.04. The minimum atomic E-state index is -0.821. The predicted octanol–water partition coefficient (Wildman–Crippen LogP) is 1.59. The predicted molar refractivity (Wildman–Crippen MR) is 82.1 cm³/mol. The number of anilines is 1. The molecular weight excluding hydrogens is 276 g/mol. The van der Waals surface area contributed by atoms with E-state index in [1.54, 1.807) is 24.2 Å². The third kappa shape index (κ3) is 6.21. The Labute approximate surface area is 123 Å². The van der Waals surface area contributed by atoms with E-state index in [1.165, 1.54) is 0 Å². The number of hydrogen-bond acceptors (Lipinski definition) is 6. The van der Waals surface area contributed by atoms with Gasteiger partial charge in [-0.05, 0) is 32.3 Å². The molecule has 1 heterocycles. The molecule has 0 amide bonds. The summed E-state index contributed by atoms with van der Waals surface area (Å²) in [6, 6.07) is -0.252. The van der Waals surface area contributed by atoms with Gasteiger partial charge < -0.3 is 15.7 Å². The molecule has 1 aromatic rings. The van der Waals surface area contributed by atoms with E-state index < -0.39 is 12.0 Å². The number of thioether (sulfide) groups is 1. The second-order valence-corrected chi connectivity index (χ2v) is 5.75. The molecule has 0 aliphatic rings. The Kier molecular flexibility index (Phi) is 7.32.